The Bertz CT molecular complexity index is 1090. The van der Waals surface area contributed by atoms with Crippen LogP contribution in [-0.2, 0) is 0 Å². The van der Waals surface area contributed by atoms with Crippen LogP contribution in [0.2, 0.25) is 0 Å². The van der Waals surface area contributed by atoms with E-state index in [1.807, 2.05) is 24.3 Å². The molecule has 0 radical (unpaired) electrons. The Labute approximate surface area is 142 Å². The second kappa shape index (κ2) is 6.08. The maximum atomic E-state index is 12.2. The molecule has 124 valence electrons. The van der Waals surface area contributed by atoms with Gasteiger partial charge >= 0.3 is 0 Å². The molecule has 0 spiro atoms. The molecule has 0 unspecified atom stereocenters. The molecule has 25 heavy (non-hydrogen) atoms. The summed E-state index contributed by atoms with van der Waals surface area (Å²) in [5.41, 5.74) is 1.26. The molecule has 0 aliphatic rings. The van der Waals surface area contributed by atoms with Gasteiger partial charge in [0.1, 0.15) is 17.4 Å². The van der Waals surface area contributed by atoms with Crippen LogP contribution in [0.3, 0.4) is 0 Å². The van der Waals surface area contributed by atoms with Crippen molar-refractivity contribution in [3.05, 3.63) is 65.5 Å². The number of fused-ring (bicyclic) bond motifs is 1. The van der Waals surface area contributed by atoms with E-state index >= 15 is 0 Å². The standard InChI is InChI=1S/C17H14N6O2/c1-25-12-4-2-3-11(7-12)23-14-8-15(20-9-13(14)17(24)22-23)21-16-10-18-5-6-19-16/h2-10H,1H3,(H,22,24)(H,19,20,21). The number of nitrogens with one attached hydrogen (secondary N) is 2. The Morgan fingerprint density at radius 2 is 2.04 bits per heavy atom. The fraction of sp³-hybridized carbons (Fsp3) is 0.0588. The van der Waals surface area contributed by atoms with Crippen LogP contribution in [0.15, 0.2) is 59.9 Å². The van der Waals surface area contributed by atoms with E-state index in [9.17, 15) is 4.79 Å². The molecule has 0 atom stereocenters. The number of aromatic amines is 1. The summed E-state index contributed by atoms with van der Waals surface area (Å²) < 4.78 is 6.95. The lowest BCUT2D eigenvalue weighted by Gasteiger charge is -2.08. The highest BCUT2D eigenvalue weighted by atomic mass is 16.5. The van der Waals surface area contributed by atoms with Crippen molar-refractivity contribution in [2.45, 2.75) is 0 Å². The van der Waals surface area contributed by atoms with Gasteiger partial charge in [0, 0.05) is 30.7 Å². The first-order valence-corrected chi connectivity index (χ1v) is 7.53. The summed E-state index contributed by atoms with van der Waals surface area (Å²) >= 11 is 0. The second-order valence-electron chi connectivity index (χ2n) is 5.28. The van der Waals surface area contributed by atoms with Crippen LogP contribution >= 0.6 is 0 Å². The maximum absolute atomic E-state index is 12.2. The molecule has 4 rings (SSSR count). The molecular formula is C17H14N6O2. The zero-order valence-electron chi connectivity index (χ0n) is 13.3. The van der Waals surface area contributed by atoms with Crippen molar-refractivity contribution in [1.82, 2.24) is 24.7 Å². The largest absolute Gasteiger partial charge is 0.497 e. The molecule has 3 aromatic heterocycles. The molecule has 0 bridgehead atoms. The Hall–Kier alpha value is -3.68. The number of anilines is 2. The number of methoxy groups -OCH3 is 1. The Kier molecular flexibility index (Phi) is 3.62. The lowest BCUT2D eigenvalue weighted by Crippen LogP contribution is -2.03. The molecule has 3 heterocycles. The lowest BCUT2D eigenvalue weighted by atomic mass is 10.3. The van der Waals surface area contributed by atoms with Crippen molar-refractivity contribution in [3.63, 3.8) is 0 Å². The molecule has 1 aromatic carbocycles. The lowest BCUT2D eigenvalue weighted by molar-refractivity contribution is 0.414. The molecular weight excluding hydrogens is 320 g/mol. The van der Waals surface area contributed by atoms with E-state index in [1.165, 1.54) is 6.20 Å². The van der Waals surface area contributed by atoms with Crippen LogP contribution in [0.1, 0.15) is 0 Å². The van der Waals surface area contributed by atoms with Gasteiger partial charge in [-0.3, -0.25) is 19.6 Å². The molecule has 0 fully saturated rings. The Balaban J connectivity index is 1.82. The molecule has 0 aliphatic heterocycles. The van der Waals surface area contributed by atoms with Gasteiger partial charge in [-0.15, -0.1) is 0 Å². The van der Waals surface area contributed by atoms with Crippen molar-refractivity contribution in [2.24, 2.45) is 0 Å². The van der Waals surface area contributed by atoms with E-state index in [0.29, 0.717) is 28.3 Å². The molecule has 0 aliphatic carbocycles. The minimum absolute atomic E-state index is 0.212. The second-order valence-corrected chi connectivity index (χ2v) is 5.28. The molecule has 8 heteroatoms. The SMILES string of the molecule is COc1cccc(-n2[nH]c(=O)c3cnc(Nc4cnccn4)cc32)c1. The third-order valence-corrected chi connectivity index (χ3v) is 3.71. The zero-order chi connectivity index (χ0) is 17.2. The van der Waals surface area contributed by atoms with E-state index in [4.69, 9.17) is 4.74 Å². The number of hydrogen-bond donors (Lipinski definition) is 2. The van der Waals surface area contributed by atoms with E-state index < -0.39 is 0 Å². The number of ether oxygens (including phenoxy) is 1. The average molecular weight is 334 g/mol. The maximum Gasteiger partial charge on any atom is 0.273 e. The van der Waals surface area contributed by atoms with Crippen LogP contribution in [-0.4, -0.2) is 31.8 Å². The number of rotatable bonds is 4. The minimum atomic E-state index is -0.212. The first-order valence-electron chi connectivity index (χ1n) is 7.53. The summed E-state index contributed by atoms with van der Waals surface area (Å²) in [6, 6.07) is 9.20. The van der Waals surface area contributed by atoms with Crippen molar-refractivity contribution >= 4 is 22.5 Å². The van der Waals surface area contributed by atoms with Crippen molar-refractivity contribution in [3.8, 4) is 11.4 Å². The highest BCUT2D eigenvalue weighted by Crippen LogP contribution is 2.21. The van der Waals surface area contributed by atoms with Crippen molar-refractivity contribution in [2.75, 3.05) is 12.4 Å². The quantitative estimate of drug-likeness (QED) is 0.594. The number of hydrogen-bond acceptors (Lipinski definition) is 6. The summed E-state index contributed by atoms with van der Waals surface area (Å²) in [4.78, 5) is 24.6. The molecule has 0 amide bonds. The number of H-pyrrole nitrogens is 1. The summed E-state index contributed by atoms with van der Waals surface area (Å²) in [6.45, 7) is 0. The molecule has 0 saturated carbocycles. The summed E-state index contributed by atoms with van der Waals surface area (Å²) in [7, 11) is 1.60. The van der Waals surface area contributed by atoms with Gasteiger partial charge in [0.2, 0.25) is 0 Å². The van der Waals surface area contributed by atoms with Crippen LogP contribution in [0.5, 0.6) is 5.75 Å². The van der Waals surface area contributed by atoms with E-state index in [0.717, 1.165) is 5.69 Å². The van der Waals surface area contributed by atoms with Gasteiger partial charge in [0.15, 0.2) is 0 Å². The molecule has 0 saturated heterocycles. The number of benzene rings is 1. The van der Waals surface area contributed by atoms with E-state index in [1.54, 1.807) is 36.4 Å². The highest BCUT2D eigenvalue weighted by Gasteiger charge is 2.11. The van der Waals surface area contributed by atoms with Gasteiger partial charge < -0.3 is 10.1 Å². The smallest absolute Gasteiger partial charge is 0.273 e. The third-order valence-electron chi connectivity index (χ3n) is 3.71. The summed E-state index contributed by atoms with van der Waals surface area (Å²) in [5.74, 6) is 1.83. The summed E-state index contributed by atoms with van der Waals surface area (Å²) in [6.07, 6.45) is 6.30. The fourth-order valence-corrected chi connectivity index (χ4v) is 2.54. The van der Waals surface area contributed by atoms with Crippen molar-refractivity contribution < 1.29 is 4.74 Å². The van der Waals surface area contributed by atoms with Gasteiger partial charge in [-0.05, 0) is 12.1 Å². The van der Waals surface area contributed by atoms with E-state index in [2.05, 4.69) is 25.4 Å². The first-order chi connectivity index (χ1) is 12.2. The third kappa shape index (κ3) is 2.80. The molecule has 4 aromatic rings. The predicted octanol–water partition coefficient (Wildman–Crippen LogP) is 2.26. The van der Waals surface area contributed by atoms with Gasteiger partial charge in [-0.1, -0.05) is 6.07 Å². The van der Waals surface area contributed by atoms with Crippen LogP contribution in [0.4, 0.5) is 11.6 Å². The van der Waals surface area contributed by atoms with Gasteiger partial charge in [0.25, 0.3) is 5.56 Å². The topological polar surface area (TPSA) is 97.7 Å². The zero-order valence-corrected chi connectivity index (χ0v) is 13.3. The van der Waals surface area contributed by atoms with Crippen molar-refractivity contribution in [1.29, 1.82) is 0 Å². The Morgan fingerprint density at radius 3 is 2.84 bits per heavy atom. The van der Waals surface area contributed by atoms with Crippen LogP contribution in [0, 0.1) is 0 Å². The first kappa shape index (κ1) is 14.9. The summed E-state index contributed by atoms with van der Waals surface area (Å²) in [5, 5.41) is 6.38. The van der Waals surface area contributed by atoms with Gasteiger partial charge in [-0.25, -0.2) is 9.97 Å². The number of nitrogens with zero attached hydrogens (tertiary/aromatic N) is 4. The average Bonchev–Trinajstić information content (AvgIpc) is 2.99. The van der Waals surface area contributed by atoms with Gasteiger partial charge in [0.05, 0.1) is 29.9 Å². The number of aromatic nitrogens is 5. The monoisotopic (exact) mass is 334 g/mol. The normalized spacial score (nSPS) is 10.8. The number of pyridine rings is 1. The van der Waals surface area contributed by atoms with Crippen LogP contribution < -0.4 is 15.6 Å². The minimum Gasteiger partial charge on any atom is -0.497 e. The van der Waals surface area contributed by atoms with E-state index in [-0.39, 0.29) is 5.56 Å². The van der Waals surface area contributed by atoms with Gasteiger partial charge in [-0.2, -0.15) is 0 Å². The Morgan fingerprint density at radius 1 is 1.12 bits per heavy atom. The highest BCUT2D eigenvalue weighted by molar-refractivity contribution is 5.82. The predicted molar refractivity (Wildman–Crippen MR) is 93.6 cm³/mol. The fourth-order valence-electron chi connectivity index (χ4n) is 2.54. The molecule has 8 nitrogen and oxygen atoms in total. The van der Waals surface area contributed by atoms with Crippen LogP contribution in [0.25, 0.3) is 16.6 Å². The molecule has 2 N–H and O–H groups in total.